The van der Waals surface area contributed by atoms with Gasteiger partial charge in [-0.3, -0.25) is 4.79 Å². The molecule has 2 aliphatic heterocycles. The maximum Gasteiger partial charge on any atom is 0.242 e. The average molecular weight is 396 g/mol. The largest absolute Gasteiger partial charge is 0.507 e. The summed E-state index contributed by atoms with van der Waals surface area (Å²) in [5.41, 5.74) is 11.4. The molecular weight excluding hydrogens is 366 g/mol. The molecule has 4 rings (SSSR count). The zero-order chi connectivity index (χ0) is 20.7. The van der Waals surface area contributed by atoms with Crippen LogP contribution in [-0.4, -0.2) is 40.2 Å². The molecule has 1 amide bonds. The zero-order valence-electron chi connectivity index (χ0n) is 17.1. The monoisotopic (exact) mass is 395 g/mol. The van der Waals surface area contributed by atoms with Crippen LogP contribution in [0.1, 0.15) is 46.3 Å². The van der Waals surface area contributed by atoms with Crippen molar-refractivity contribution in [2.45, 2.75) is 45.3 Å². The number of amides is 1. The van der Waals surface area contributed by atoms with Gasteiger partial charge in [0.05, 0.1) is 12.1 Å². The molecule has 4 atom stereocenters. The lowest BCUT2D eigenvalue weighted by atomic mass is 9.82. The summed E-state index contributed by atoms with van der Waals surface area (Å²) in [5, 5.41) is 20.1. The fourth-order valence-corrected chi connectivity index (χ4v) is 4.85. The van der Waals surface area contributed by atoms with Gasteiger partial charge in [-0.15, -0.1) is 0 Å². The number of benzene rings is 2. The van der Waals surface area contributed by atoms with Crippen LogP contribution in [0.2, 0.25) is 0 Å². The minimum absolute atomic E-state index is 0.0351. The maximum absolute atomic E-state index is 13.2. The summed E-state index contributed by atoms with van der Waals surface area (Å²) in [7, 11) is 0. The number of aryl methyl sites for hydroxylation is 3. The first-order valence-corrected chi connectivity index (χ1v) is 10.2. The van der Waals surface area contributed by atoms with E-state index in [1.165, 1.54) is 5.56 Å². The van der Waals surface area contributed by atoms with Crippen molar-refractivity contribution in [3.05, 3.63) is 64.2 Å². The van der Waals surface area contributed by atoms with E-state index in [1.807, 2.05) is 37.8 Å². The lowest BCUT2D eigenvalue weighted by molar-refractivity contribution is -0.130. The Labute approximate surface area is 171 Å². The van der Waals surface area contributed by atoms with Gasteiger partial charge in [0, 0.05) is 24.6 Å². The van der Waals surface area contributed by atoms with Crippen LogP contribution in [0.3, 0.4) is 0 Å². The number of rotatable bonds is 5. The Morgan fingerprint density at radius 2 is 1.69 bits per heavy atom. The van der Waals surface area contributed by atoms with Crippen molar-refractivity contribution in [1.82, 2.24) is 15.8 Å². The highest BCUT2D eigenvalue weighted by molar-refractivity contribution is 5.86. The Morgan fingerprint density at radius 3 is 2.38 bits per heavy atom. The molecule has 2 fully saturated rings. The number of aromatic hydroxyl groups is 1. The first-order valence-electron chi connectivity index (χ1n) is 10.2. The number of carbonyl (C=O) groups is 1. The van der Waals surface area contributed by atoms with Gasteiger partial charge in [-0.05, 0) is 38.3 Å². The molecule has 0 bridgehead atoms. The molecule has 0 aliphatic carbocycles. The maximum atomic E-state index is 13.2. The van der Waals surface area contributed by atoms with E-state index < -0.39 is 0 Å². The predicted octanol–water partition coefficient (Wildman–Crippen LogP) is 2.42. The third-order valence-electron chi connectivity index (χ3n) is 6.20. The summed E-state index contributed by atoms with van der Waals surface area (Å²) < 4.78 is 0. The van der Waals surface area contributed by atoms with E-state index in [0.717, 1.165) is 22.3 Å². The molecule has 0 aromatic heterocycles. The van der Waals surface area contributed by atoms with Crippen molar-refractivity contribution in [2.24, 2.45) is 5.92 Å². The standard InChI is InChI=1S/C23H29N3O3/c1-13-5-7-16(8-6-13)21-18-19(17-12-14(2)11-15(3)22(17)28)24-25-20(18)23(29)26(21)9-4-10-27/h5-8,11-12,18-21,24-25,27-28H,4,9-10H2,1-3H3. The van der Waals surface area contributed by atoms with Gasteiger partial charge in [-0.2, -0.15) is 0 Å². The zero-order valence-corrected chi connectivity index (χ0v) is 17.1. The number of aliphatic hydroxyl groups is 1. The molecular formula is C23H29N3O3. The van der Waals surface area contributed by atoms with Crippen LogP contribution in [0.25, 0.3) is 0 Å². The number of phenols is 1. The molecule has 0 saturated carbocycles. The van der Waals surface area contributed by atoms with Crippen LogP contribution >= 0.6 is 0 Å². The Morgan fingerprint density at radius 1 is 1.00 bits per heavy atom. The van der Waals surface area contributed by atoms with Gasteiger partial charge in [0.2, 0.25) is 5.91 Å². The number of hydrogen-bond donors (Lipinski definition) is 4. The van der Waals surface area contributed by atoms with Gasteiger partial charge in [-0.1, -0.05) is 47.5 Å². The average Bonchev–Trinajstić information content (AvgIpc) is 3.23. The van der Waals surface area contributed by atoms with Gasteiger partial charge >= 0.3 is 0 Å². The summed E-state index contributed by atoms with van der Waals surface area (Å²) in [5.74, 6) is 0.239. The number of hydrazine groups is 1. The first kappa shape index (κ1) is 19.9. The Hall–Kier alpha value is -2.41. The van der Waals surface area contributed by atoms with Crippen LogP contribution in [0, 0.1) is 26.7 Å². The molecule has 0 spiro atoms. The Balaban J connectivity index is 1.79. The van der Waals surface area contributed by atoms with Gasteiger partial charge in [0.25, 0.3) is 0 Å². The minimum Gasteiger partial charge on any atom is -0.507 e. The third-order valence-corrected chi connectivity index (χ3v) is 6.20. The molecule has 2 aromatic carbocycles. The number of phenolic OH excluding ortho intramolecular Hbond substituents is 1. The highest BCUT2D eigenvalue weighted by Gasteiger charge is 2.55. The van der Waals surface area contributed by atoms with E-state index in [9.17, 15) is 15.0 Å². The summed E-state index contributed by atoms with van der Waals surface area (Å²) in [6.07, 6.45) is 0.542. The van der Waals surface area contributed by atoms with Gasteiger partial charge in [0.15, 0.2) is 0 Å². The van der Waals surface area contributed by atoms with Crippen LogP contribution in [0.15, 0.2) is 36.4 Å². The summed E-state index contributed by atoms with van der Waals surface area (Å²) in [6, 6.07) is 11.6. The van der Waals surface area contributed by atoms with Crippen molar-refractivity contribution in [2.75, 3.05) is 13.2 Å². The fraction of sp³-hybridized carbons (Fsp3) is 0.435. The normalized spacial score (nSPS) is 26.2. The highest BCUT2D eigenvalue weighted by Crippen LogP contribution is 2.49. The Kier molecular flexibility index (Phi) is 5.34. The number of hydrogen-bond acceptors (Lipinski definition) is 5. The number of likely N-dealkylation sites (tertiary alicyclic amines) is 1. The first-order chi connectivity index (χ1) is 13.9. The number of fused-ring (bicyclic) bond motifs is 1. The molecule has 6 heteroatoms. The molecule has 2 aliphatic rings. The highest BCUT2D eigenvalue weighted by atomic mass is 16.3. The van der Waals surface area contributed by atoms with Crippen LogP contribution in [0.5, 0.6) is 5.75 Å². The number of nitrogens with zero attached hydrogens (tertiary/aromatic N) is 1. The van der Waals surface area contributed by atoms with Gasteiger partial charge in [-0.25, -0.2) is 10.9 Å². The number of aliphatic hydroxyl groups excluding tert-OH is 1. The lowest BCUT2D eigenvalue weighted by Crippen LogP contribution is -2.41. The van der Waals surface area contributed by atoms with E-state index >= 15 is 0 Å². The Bertz CT molecular complexity index is 912. The van der Waals surface area contributed by atoms with E-state index in [-0.39, 0.29) is 42.3 Å². The second kappa shape index (κ2) is 7.78. The lowest BCUT2D eigenvalue weighted by Gasteiger charge is -2.31. The minimum atomic E-state index is -0.370. The van der Waals surface area contributed by atoms with Crippen molar-refractivity contribution < 1.29 is 15.0 Å². The molecule has 4 N–H and O–H groups in total. The van der Waals surface area contributed by atoms with Crippen LogP contribution in [-0.2, 0) is 4.79 Å². The van der Waals surface area contributed by atoms with E-state index in [0.29, 0.717) is 13.0 Å². The molecule has 154 valence electrons. The second-order valence-electron chi connectivity index (χ2n) is 8.31. The van der Waals surface area contributed by atoms with Crippen LogP contribution < -0.4 is 10.9 Å². The summed E-state index contributed by atoms with van der Waals surface area (Å²) >= 11 is 0. The van der Waals surface area contributed by atoms with Crippen molar-refractivity contribution in [1.29, 1.82) is 0 Å². The second-order valence-corrected chi connectivity index (χ2v) is 8.31. The van der Waals surface area contributed by atoms with E-state index in [2.05, 4.69) is 35.1 Å². The van der Waals surface area contributed by atoms with Crippen molar-refractivity contribution in [3.63, 3.8) is 0 Å². The molecule has 29 heavy (non-hydrogen) atoms. The quantitative estimate of drug-likeness (QED) is 0.625. The van der Waals surface area contributed by atoms with E-state index in [1.54, 1.807) is 0 Å². The number of nitrogens with one attached hydrogen (secondary N) is 2. The molecule has 2 aromatic rings. The van der Waals surface area contributed by atoms with Crippen molar-refractivity contribution in [3.8, 4) is 5.75 Å². The third kappa shape index (κ3) is 3.41. The number of carbonyl (C=O) groups excluding carboxylic acids is 1. The van der Waals surface area contributed by atoms with Gasteiger partial charge < -0.3 is 15.1 Å². The molecule has 2 saturated heterocycles. The molecule has 2 heterocycles. The molecule has 0 radical (unpaired) electrons. The SMILES string of the molecule is Cc1ccc(C2C3C(NNC3c3cc(C)cc(C)c3O)C(=O)N2CCCO)cc1. The molecule has 6 nitrogen and oxygen atoms in total. The van der Waals surface area contributed by atoms with Gasteiger partial charge in [0.1, 0.15) is 11.8 Å². The molecule has 4 unspecified atom stereocenters. The smallest absolute Gasteiger partial charge is 0.242 e. The predicted molar refractivity (Wildman–Crippen MR) is 111 cm³/mol. The van der Waals surface area contributed by atoms with E-state index in [4.69, 9.17) is 0 Å². The fourth-order valence-electron chi connectivity index (χ4n) is 4.85. The topological polar surface area (TPSA) is 84.8 Å². The van der Waals surface area contributed by atoms with Crippen LogP contribution in [0.4, 0.5) is 0 Å². The van der Waals surface area contributed by atoms with Crippen molar-refractivity contribution >= 4 is 5.91 Å². The summed E-state index contributed by atoms with van der Waals surface area (Å²) in [6.45, 7) is 6.52. The summed E-state index contributed by atoms with van der Waals surface area (Å²) in [4.78, 5) is 15.1.